The Morgan fingerprint density at radius 3 is 1.95 bits per heavy atom. The summed E-state index contributed by atoms with van der Waals surface area (Å²) in [5, 5.41) is 69.2. The quantitative estimate of drug-likeness (QED) is 0.0798. The van der Waals surface area contributed by atoms with Gasteiger partial charge in [0.25, 0.3) is 0 Å². The monoisotopic (exact) mass is 625 g/mol. The van der Waals surface area contributed by atoms with Gasteiger partial charge in [-0.3, -0.25) is 24.0 Å². The molecule has 2 saturated heterocycles. The summed E-state index contributed by atoms with van der Waals surface area (Å²) in [7, 11) is 0. The van der Waals surface area contributed by atoms with Crippen molar-refractivity contribution >= 4 is 30.0 Å². The average molecular weight is 626 g/mol. The first-order valence-electron chi connectivity index (χ1n) is 13.0. The minimum atomic E-state index is -1.99. The van der Waals surface area contributed by atoms with Crippen molar-refractivity contribution in [3.05, 3.63) is 0 Å². The van der Waals surface area contributed by atoms with Gasteiger partial charge in [-0.2, -0.15) is 0 Å². The molecular weight excluding hydrogens is 586 g/mol. The van der Waals surface area contributed by atoms with Crippen LogP contribution in [0.1, 0.15) is 20.8 Å². The van der Waals surface area contributed by atoms with Crippen molar-refractivity contribution in [3.8, 4) is 0 Å². The molecule has 2 rings (SSSR count). The molecule has 2 heterocycles. The van der Waals surface area contributed by atoms with Crippen LogP contribution in [0, 0.1) is 0 Å². The Morgan fingerprint density at radius 1 is 0.907 bits per heavy atom. The summed E-state index contributed by atoms with van der Waals surface area (Å²) in [6.07, 6.45) is -20.1. The van der Waals surface area contributed by atoms with Crippen LogP contribution < -0.4 is 27.4 Å². The van der Waals surface area contributed by atoms with Gasteiger partial charge in [-0.1, -0.05) is 0 Å². The number of primary amides is 2. The van der Waals surface area contributed by atoms with Crippen molar-refractivity contribution in [3.63, 3.8) is 0 Å². The number of aliphatic hydroxyl groups excluding tert-OH is 6. The number of nitrogens with two attached hydrogens (primary N) is 2. The molecule has 13 N–H and O–H groups in total. The van der Waals surface area contributed by atoms with Gasteiger partial charge >= 0.3 is 0 Å². The van der Waals surface area contributed by atoms with Crippen LogP contribution in [-0.4, -0.2) is 153 Å². The van der Waals surface area contributed by atoms with Crippen LogP contribution in [0.3, 0.4) is 0 Å². The molecule has 0 spiro atoms. The highest BCUT2D eigenvalue weighted by Crippen LogP contribution is 2.31. The summed E-state index contributed by atoms with van der Waals surface area (Å²) in [5.74, 6) is -3.92. The van der Waals surface area contributed by atoms with Crippen LogP contribution in [0.2, 0.25) is 0 Å². The second-order valence-corrected chi connectivity index (χ2v) is 10.1. The first kappa shape index (κ1) is 36.1. The SMILES string of the molecule is CC(=O)N[C@H]1[C@@H](O[C@@H]2[C@H](O)[C@@H](NC=O)[C@@H](O[C@@H]([C@H](O)[C@@H](C)O)[C@H](CO)NC(C)=O)O[C@@H]2C(N)=O)O[C@H](C(N)=O)[C@H](O)[C@@H]1O. The highest BCUT2D eigenvalue weighted by Gasteiger charge is 2.54. The minimum Gasteiger partial charge on any atom is -0.394 e. The van der Waals surface area contributed by atoms with E-state index in [0.717, 1.165) is 20.8 Å². The van der Waals surface area contributed by atoms with Crippen molar-refractivity contribution < 1.29 is 73.6 Å². The van der Waals surface area contributed by atoms with Crippen molar-refractivity contribution in [2.45, 2.75) is 106 Å². The van der Waals surface area contributed by atoms with Gasteiger partial charge in [0.15, 0.2) is 24.8 Å². The molecule has 5 amide bonds. The number of aliphatic hydroxyl groups is 6. The third kappa shape index (κ3) is 8.75. The zero-order valence-corrected chi connectivity index (χ0v) is 23.4. The number of rotatable bonds is 14. The van der Waals surface area contributed by atoms with E-state index in [1.165, 1.54) is 0 Å². The lowest BCUT2D eigenvalue weighted by Gasteiger charge is -2.48. The molecule has 0 bridgehead atoms. The molecule has 2 aliphatic heterocycles. The summed E-state index contributed by atoms with van der Waals surface area (Å²) in [4.78, 5) is 59.2. The fourth-order valence-corrected chi connectivity index (χ4v) is 4.70. The fourth-order valence-electron chi connectivity index (χ4n) is 4.70. The van der Waals surface area contributed by atoms with Crippen LogP contribution in [0.5, 0.6) is 0 Å². The number of amides is 5. The first-order valence-corrected chi connectivity index (χ1v) is 13.0. The Kier molecular flexibility index (Phi) is 13.1. The fraction of sp³-hybridized carbons (Fsp3) is 0.783. The van der Waals surface area contributed by atoms with E-state index in [1.807, 2.05) is 0 Å². The number of ether oxygens (including phenoxy) is 4. The van der Waals surface area contributed by atoms with E-state index in [4.69, 9.17) is 30.4 Å². The Morgan fingerprint density at radius 2 is 1.49 bits per heavy atom. The smallest absolute Gasteiger partial charge is 0.249 e. The van der Waals surface area contributed by atoms with Crippen molar-refractivity contribution in [2.24, 2.45) is 11.5 Å². The number of nitrogens with one attached hydrogen (secondary N) is 3. The lowest BCUT2D eigenvalue weighted by atomic mass is 9.93. The lowest BCUT2D eigenvalue weighted by Crippen LogP contribution is -2.71. The highest BCUT2D eigenvalue weighted by atomic mass is 16.7. The van der Waals surface area contributed by atoms with Crippen LogP contribution in [0.15, 0.2) is 0 Å². The van der Waals surface area contributed by atoms with Crippen molar-refractivity contribution in [2.75, 3.05) is 6.61 Å². The van der Waals surface area contributed by atoms with E-state index in [0.29, 0.717) is 0 Å². The zero-order valence-electron chi connectivity index (χ0n) is 23.4. The van der Waals surface area contributed by atoms with Crippen LogP contribution in [0.25, 0.3) is 0 Å². The largest absolute Gasteiger partial charge is 0.394 e. The Bertz CT molecular complexity index is 1000. The zero-order chi connectivity index (χ0) is 32.8. The molecule has 2 aliphatic rings. The molecule has 14 atom stereocenters. The van der Waals surface area contributed by atoms with Crippen molar-refractivity contribution in [1.82, 2.24) is 16.0 Å². The summed E-state index contributed by atoms with van der Waals surface area (Å²) in [5.41, 5.74) is 10.7. The van der Waals surface area contributed by atoms with E-state index in [1.54, 1.807) is 0 Å². The molecule has 0 aliphatic carbocycles. The maximum atomic E-state index is 12.5. The molecular formula is C23H39N5O15. The number of hydrogen-bond acceptors (Lipinski definition) is 15. The van der Waals surface area contributed by atoms with Gasteiger partial charge < -0.3 is 77.0 Å². The Hall–Kier alpha value is -3.05. The molecule has 0 aromatic carbocycles. The molecule has 0 aromatic rings. The predicted molar refractivity (Wildman–Crippen MR) is 136 cm³/mol. The molecule has 20 nitrogen and oxygen atoms in total. The van der Waals surface area contributed by atoms with E-state index in [9.17, 15) is 54.6 Å². The van der Waals surface area contributed by atoms with Crippen LogP contribution in [0.4, 0.5) is 0 Å². The number of carbonyl (C=O) groups is 5. The molecule has 0 unspecified atom stereocenters. The molecule has 43 heavy (non-hydrogen) atoms. The van der Waals surface area contributed by atoms with Gasteiger partial charge in [0, 0.05) is 13.8 Å². The molecule has 2 fully saturated rings. The van der Waals surface area contributed by atoms with Gasteiger partial charge in [-0.15, -0.1) is 0 Å². The molecule has 0 radical (unpaired) electrons. The first-order chi connectivity index (χ1) is 20.0. The van der Waals surface area contributed by atoms with Gasteiger partial charge in [-0.25, -0.2) is 0 Å². The van der Waals surface area contributed by atoms with E-state index >= 15 is 0 Å². The second-order valence-electron chi connectivity index (χ2n) is 10.1. The topological polar surface area (TPSA) is 332 Å². The number of hydrogen-bond donors (Lipinski definition) is 11. The highest BCUT2D eigenvalue weighted by molar-refractivity contribution is 5.80. The standard InChI is InChI=1S/C23H39N5O15/c1-6(31)12(34)16(9(4-29)27-7(2)32)40-22-10(26-5-30)14(36)17(19(43-22)21(25)39)41-23-11(28-8(3)33)13(35)15(37)18(42-23)20(24)38/h5-6,9-19,22-23,29,31,34-37H,4H2,1-3H3,(H2,24,38)(H2,25,39)(H,26,30)(H,27,32)(H,28,33)/t6-,9+,10-,11-,12-,13-,14-,15-,16-,17-,18+,19+,22+,23+/m1/s1. The summed E-state index contributed by atoms with van der Waals surface area (Å²) in [6, 6.07) is -4.61. The molecule has 20 heteroatoms. The van der Waals surface area contributed by atoms with Crippen LogP contribution >= 0.6 is 0 Å². The third-order valence-corrected chi connectivity index (χ3v) is 6.77. The molecule has 246 valence electrons. The van der Waals surface area contributed by atoms with Gasteiger partial charge in [0.1, 0.15) is 48.7 Å². The number of carbonyl (C=O) groups excluding carboxylic acids is 5. The average Bonchev–Trinajstić information content (AvgIpc) is 2.91. The second kappa shape index (κ2) is 15.6. The third-order valence-electron chi connectivity index (χ3n) is 6.77. The minimum absolute atomic E-state index is 0.104. The lowest BCUT2D eigenvalue weighted by molar-refractivity contribution is -0.327. The van der Waals surface area contributed by atoms with E-state index in [2.05, 4.69) is 16.0 Å². The van der Waals surface area contributed by atoms with Gasteiger partial charge in [0.05, 0.1) is 18.8 Å². The molecule has 0 aromatic heterocycles. The maximum Gasteiger partial charge on any atom is 0.249 e. The Labute approximate surface area is 244 Å². The van der Waals surface area contributed by atoms with Gasteiger partial charge in [0.2, 0.25) is 30.0 Å². The van der Waals surface area contributed by atoms with E-state index in [-0.39, 0.29) is 6.41 Å². The van der Waals surface area contributed by atoms with Crippen LogP contribution in [-0.2, 0) is 42.9 Å². The maximum absolute atomic E-state index is 12.5. The summed E-state index contributed by atoms with van der Waals surface area (Å²) in [6.45, 7) is 2.49. The predicted octanol–water partition coefficient (Wildman–Crippen LogP) is -7.88. The van der Waals surface area contributed by atoms with E-state index < -0.39 is 116 Å². The molecule has 0 saturated carbocycles. The van der Waals surface area contributed by atoms with Gasteiger partial charge in [-0.05, 0) is 6.92 Å². The Balaban J connectivity index is 2.48. The summed E-state index contributed by atoms with van der Waals surface area (Å²) < 4.78 is 22.3. The normalized spacial score (nSPS) is 35.5. The van der Waals surface area contributed by atoms with Crippen molar-refractivity contribution in [1.29, 1.82) is 0 Å². The summed E-state index contributed by atoms with van der Waals surface area (Å²) >= 11 is 0.